The zero-order valence-corrected chi connectivity index (χ0v) is 19.2. The van der Waals surface area contributed by atoms with E-state index in [0.29, 0.717) is 5.52 Å². The molecule has 0 unspecified atom stereocenters. The van der Waals surface area contributed by atoms with Crippen LogP contribution in [0.2, 0.25) is 0 Å². The number of nitro benzene ring substituents is 1. The highest BCUT2D eigenvalue weighted by Crippen LogP contribution is 2.37. The van der Waals surface area contributed by atoms with Gasteiger partial charge in [-0.1, -0.05) is 103 Å². The number of fused-ring (bicyclic) bond motifs is 7. The van der Waals surface area contributed by atoms with E-state index in [1.54, 1.807) is 12.1 Å². The van der Waals surface area contributed by atoms with E-state index < -0.39 is 0 Å². The fourth-order valence-corrected chi connectivity index (χ4v) is 5.13. The van der Waals surface area contributed by atoms with Crippen LogP contribution >= 0.6 is 0 Å². The third kappa shape index (κ3) is 3.39. The lowest BCUT2D eigenvalue weighted by atomic mass is 9.96. The van der Waals surface area contributed by atoms with E-state index in [0.717, 1.165) is 54.5 Å². The zero-order valence-electron chi connectivity index (χ0n) is 19.2. The molecule has 0 fully saturated rings. The summed E-state index contributed by atoms with van der Waals surface area (Å²) in [5, 5.41) is 18.2. The van der Waals surface area contributed by atoms with Gasteiger partial charge in [0.05, 0.1) is 10.4 Å². The van der Waals surface area contributed by atoms with E-state index in [4.69, 9.17) is 0 Å². The molecule has 1 aromatic heterocycles. The van der Waals surface area contributed by atoms with Crippen molar-refractivity contribution in [2.75, 3.05) is 0 Å². The lowest BCUT2D eigenvalue weighted by Gasteiger charge is -2.09. The molecule has 0 atom stereocenters. The van der Waals surface area contributed by atoms with Gasteiger partial charge in [0.1, 0.15) is 5.52 Å². The van der Waals surface area contributed by atoms with Crippen molar-refractivity contribution in [3.63, 3.8) is 0 Å². The fourth-order valence-electron chi connectivity index (χ4n) is 5.13. The van der Waals surface area contributed by atoms with Crippen molar-refractivity contribution in [1.29, 1.82) is 0 Å². The standard InChI is InChI=1S/C31H22N2O2/c1-20-10-7-16-25-23-13-5-6-14-24(23)26-17-9-19-28(33(34)35)31(26)32-30-22(21-11-3-2-4-12-21)15-8-18-27(30)29(20)25/h2-19,32H,1H3. The van der Waals surface area contributed by atoms with Gasteiger partial charge in [-0.3, -0.25) is 10.1 Å². The van der Waals surface area contributed by atoms with Gasteiger partial charge in [-0.25, -0.2) is 0 Å². The Hall–Kier alpha value is -4.70. The molecular formula is C31H22N2O2. The molecule has 5 aromatic carbocycles. The first-order chi connectivity index (χ1) is 17.1. The summed E-state index contributed by atoms with van der Waals surface area (Å²) in [6.45, 7) is 2.12. The number of hydrogen-bond acceptors (Lipinski definition) is 2. The predicted molar refractivity (Wildman–Crippen MR) is 145 cm³/mol. The highest BCUT2D eigenvalue weighted by molar-refractivity contribution is 6.21. The first-order valence-electron chi connectivity index (χ1n) is 11.6. The van der Waals surface area contributed by atoms with E-state index in [9.17, 15) is 10.1 Å². The molecule has 168 valence electrons. The molecule has 0 amide bonds. The first kappa shape index (κ1) is 20.9. The van der Waals surface area contributed by atoms with Crippen molar-refractivity contribution in [3.05, 3.63) is 125 Å². The van der Waals surface area contributed by atoms with Gasteiger partial charge < -0.3 is 4.98 Å². The molecule has 6 rings (SSSR count). The number of nitrogens with zero attached hydrogens (tertiary/aromatic N) is 1. The molecule has 6 aromatic rings. The first-order valence-corrected chi connectivity index (χ1v) is 11.6. The Bertz CT molecular complexity index is 1830. The van der Waals surface area contributed by atoms with Crippen LogP contribution in [-0.2, 0) is 0 Å². The Morgan fingerprint density at radius 3 is 1.97 bits per heavy atom. The Balaban J connectivity index is 2.04. The Morgan fingerprint density at radius 2 is 1.20 bits per heavy atom. The Labute approximate surface area is 201 Å². The number of aryl methyl sites for hydroxylation is 1. The average molecular weight is 455 g/mol. The summed E-state index contributed by atoms with van der Waals surface area (Å²) in [4.78, 5) is 15.4. The molecule has 0 spiro atoms. The van der Waals surface area contributed by atoms with Crippen LogP contribution in [0.25, 0.3) is 54.5 Å². The van der Waals surface area contributed by atoms with Crippen LogP contribution in [0.5, 0.6) is 0 Å². The van der Waals surface area contributed by atoms with Crippen molar-refractivity contribution in [2.24, 2.45) is 0 Å². The van der Waals surface area contributed by atoms with Gasteiger partial charge in [-0.05, 0) is 39.6 Å². The molecule has 0 radical (unpaired) electrons. The van der Waals surface area contributed by atoms with Crippen LogP contribution in [0.4, 0.5) is 5.69 Å². The van der Waals surface area contributed by atoms with E-state index in [1.807, 2.05) is 42.5 Å². The number of H-pyrrole nitrogens is 1. The molecule has 0 saturated heterocycles. The maximum absolute atomic E-state index is 12.2. The number of aromatic nitrogens is 1. The minimum Gasteiger partial charge on any atom is -0.348 e. The normalized spacial score (nSPS) is 11.2. The number of hydrogen-bond donors (Lipinski definition) is 1. The molecular weight excluding hydrogens is 432 g/mol. The topological polar surface area (TPSA) is 58.9 Å². The molecule has 0 saturated carbocycles. The SMILES string of the molecule is Cc1cccc2c3ccccc3c3cccc([N+](=O)[O-])c3[nH]c3c(-c4ccccc4)cccc3c12. The molecule has 0 aliphatic rings. The van der Waals surface area contributed by atoms with Gasteiger partial charge in [-0.15, -0.1) is 0 Å². The summed E-state index contributed by atoms with van der Waals surface area (Å²) in [7, 11) is 0. The van der Waals surface area contributed by atoms with Crippen LogP contribution in [0, 0.1) is 17.0 Å². The maximum Gasteiger partial charge on any atom is 0.293 e. The van der Waals surface area contributed by atoms with Crippen LogP contribution in [0.1, 0.15) is 5.56 Å². The van der Waals surface area contributed by atoms with Crippen molar-refractivity contribution >= 4 is 49.0 Å². The van der Waals surface area contributed by atoms with E-state index >= 15 is 0 Å². The Morgan fingerprint density at radius 1 is 0.600 bits per heavy atom. The molecule has 4 nitrogen and oxygen atoms in total. The van der Waals surface area contributed by atoms with Gasteiger partial charge in [0.2, 0.25) is 0 Å². The number of nitro groups is 1. The van der Waals surface area contributed by atoms with Gasteiger partial charge in [0, 0.05) is 22.4 Å². The maximum atomic E-state index is 12.2. The van der Waals surface area contributed by atoms with E-state index in [1.165, 1.54) is 0 Å². The minimum atomic E-state index is -0.310. The summed E-state index contributed by atoms with van der Waals surface area (Å²) in [5.41, 5.74) is 4.59. The summed E-state index contributed by atoms with van der Waals surface area (Å²) < 4.78 is 0. The second kappa shape index (κ2) is 8.26. The molecule has 4 heteroatoms. The summed E-state index contributed by atoms with van der Waals surface area (Å²) in [5.74, 6) is 0. The molecule has 0 bridgehead atoms. The van der Waals surface area contributed by atoms with Gasteiger partial charge in [-0.2, -0.15) is 0 Å². The molecule has 1 heterocycles. The monoisotopic (exact) mass is 454 g/mol. The lowest BCUT2D eigenvalue weighted by molar-refractivity contribution is -0.383. The summed E-state index contributed by atoms with van der Waals surface area (Å²) in [6.07, 6.45) is 0. The van der Waals surface area contributed by atoms with Crippen LogP contribution in [0.3, 0.4) is 0 Å². The van der Waals surface area contributed by atoms with Crippen LogP contribution in [-0.4, -0.2) is 9.91 Å². The van der Waals surface area contributed by atoms with Crippen LogP contribution < -0.4 is 0 Å². The van der Waals surface area contributed by atoms with Crippen molar-refractivity contribution in [1.82, 2.24) is 4.98 Å². The number of rotatable bonds is 2. The van der Waals surface area contributed by atoms with E-state index in [-0.39, 0.29) is 10.6 Å². The average Bonchev–Trinajstić information content (AvgIpc) is 2.94. The molecule has 0 aliphatic carbocycles. The highest BCUT2D eigenvalue weighted by Gasteiger charge is 2.15. The number of aromatic amines is 1. The third-order valence-corrected chi connectivity index (χ3v) is 6.69. The number of non-ortho nitro benzene ring substituents is 1. The van der Waals surface area contributed by atoms with E-state index in [2.05, 4.69) is 66.5 Å². The Kier molecular flexibility index (Phi) is 4.93. The smallest absolute Gasteiger partial charge is 0.293 e. The second-order valence-electron chi connectivity index (χ2n) is 8.72. The fraction of sp³-hybridized carbons (Fsp3) is 0.0323. The predicted octanol–water partition coefficient (Wildman–Crippen LogP) is 8.64. The summed E-state index contributed by atoms with van der Waals surface area (Å²) >= 11 is 0. The van der Waals surface area contributed by atoms with Crippen molar-refractivity contribution in [2.45, 2.75) is 6.92 Å². The lowest BCUT2D eigenvalue weighted by Crippen LogP contribution is -1.91. The van der Waals surface area contributed by atoms with Crippen molar-refractivity contribution < 1.29 is 4.92 Å². The van der Waals surface area contributed by atoms with Crippen molar-refractivity contribution in [3.8, 4) is 11.1 Å². The molecule has 0 aliphatic heterocycles. The second-order valence-corrected chi connectivity index (χ2v) is 8.72. The number of benzene rings is 5. The third-order valence-electron chi connectivity index (χ3n) is 6.69. The van der Waals surface area contributed by atoms with Crippen LogP contribution in [0.15, 0.2) is 109 Å². The number of nitrogens with one attached hydrogen (secondary N) is 1. The molecule has 1 N–H and O–H groups in total. The number of para-hydroxylation sites is 2. The van der Waals surface area contributed by atoms with Gasteiger partial charge >= 0.3 is 0 Å². The highest BCUT2D eigenvalue weighted by atomic mass is 16.6. The van der Waals surface area contributed by atoms with Gasteiger partial charge in [0.25, 0.3) is 5.69 Å². The zero-order chi connectivity index (χ0) is 23.9. The van der Waals surface area contributed by atoms with Gasteiger partial charge in [0.15, 0.2) is 0 Å². The molecule has 35 heavy (non-hydrogen) atoms. The summed E-state index contributed by atoms with van der Waals surface area (Å²) in [6, 6.07) is 36.1. The quantitative estimate of drug-likeness (QED) is 0.210. The minimum absolute atomic E-state index is 0.0498. The largest absolute Gasteiger partial charge is 0.348 e.